The van der Waals surface area contributed by atoms with Gasteiger partial charge < -0.3 is 5.32 Å². The molecule has 6 heteroatoms. The summed E-state index contributed by atoms with van der Waals surface area (Å²) in [6.07, 6.45) is 4.16. The second-order valence-corrected chi connectivity index (χ2v) is 4.24. The van der Waals surface area contributed by atoms with Crippen LogP contribution in [0.25, 0.3) is 0 Å². The quantitative estimate of drug-likeness (QED) is 0.811. The van der Waals surface area contributed by atoms with E-state index >= 15 is 0 Å². The molecular weight excluding hydrogens is 270 g/mol. The summed E-state index contributed by atoms with van der Waals surface area (Å²) in [5.41, 5.74) is 1.03. The first-order chi connectivity index (χ1) is 7.84. The van der Waals surface area contributed by atoms with Gasteiger partial charge in [0.1, 0.15) is 12.2 Å². The molecule has 0 aliphatic rings. The first kappa shape index (κ1) is 11.2. The van der Waals surface area contributed by atoms with Gasteiger partial charge in [0, 0.05) is 30.2 Å². The zero-order valence-electron chi connectivity index (χ0n) is 8.65. The van der Waals surface area contributed by atoms with Crippen LogP contribution in [0.3, 0.4) is 0 Å². The third-order valence-electron chi connectivity index (χ3n) is 2.10. The maximum atomic E-state index is 4.27. The molecule has 0 radical (unpaired) electrons. The predicted octanol–water partition coefficient (Wildman–Crippen LogP) is 1.29. The molecule has 0 fully saturated rings. The zero-order valence-corrected chi connectivity index (χ0v) is 10.2. The highest BCUT2D eigenvalue weighted by Crippen LogP contribution is 2.06. The molecule has 0 spiro atoms. The highest BCUT2D eigenvalue weighted by Gasteiger charge is 1.96. The van der Waals surface area contributed by atoms with Crippen molar-refractivity contribution in [3.8, 4) is 0 Å². The van der Waals surface area contributed by atoms with E-state index in [1.807, 2.05) is 12.1 Å². The lowest BCUT2D eigenvalue weighted by Crippen LogP contribution is -2.17. The molecule has 2 rings (SSSR count). The van der Waals surface area contributed by atoms with Crippen LogP contribution >= 0.6 is 15.9 Å². The van der Waals surface area contributed by atoms with Gasteiger partial charge in [0.2, 0.25) is 0 Å². The van der Waals surface area contributed by atoms with Gasteiger partial charge in [0.25, 0.3) is 0 Å². The first-order valence-corrected chi connectivity index (χ1v) is 5.79. The van der Waals surface area contributed by atoms with Gasteiger partial charge in [-0.1, -0.05) is 0 Å². The number of nitrogens with zero attached hydrogens (tertiary/aromatic N) is 3. The smallest absolute Gasteiger partial charge is 0.137 e. The maximum absolute atomic E-state index is 4.27. The summed E-state index contributed by atoms with van der Waals surface area (Å²) in [5.74, 6) is 0.899. The van der Waals surface area contributed by atoms with Crippen molar-refractivity contribution >= 4 is 15.9 Å². The summed E-state index contributed by atoms with van der Waals surface area (Å²) in [7, 11) is 0. The Balaban J connectivity index is 1.70. The SMILES string of the molecule is Brc1ccc(CNCCc2ncn[nH]2)nc1. The van der Waals surface area contributed by atoms with Crippen LogP contribution in [0, 0.1) is 0 Å². The molecule has 16 heavy (non-hydrogen) atoms. The molecule has 2 N–H and O–H groups in total. The lowest BCUT2D eigenvalue weighted by atomic mass is 10.3. The van der Waals surface area contributed by atoms with Crippen LogP contribution in [-0.2, 0) is 13.0 Å². The monoisotopic (exact) mass is 281 g/mol. The minimum Gasteiger partial charge on any atom is -0.311 e. The molecule has 0 aliphatic heterocycles. The molecule has 0 aliphatic carbocycles. The predicted molar refractivity (Wildman–Crippen MR) is 63.7 cm³/mol. The van der Waals surface area contributed by atoms with E-state index in [1.54, 1.807) is 6.20 Å². The van der Waals surface area contributed by atoms with Crippen LogP contribution in [-0.4, -0.2) is 26.7 Å². The van der Waals surface area contributed by atoms with Crippen LogP contribution in [0.15, 0.2) is 29.1 Å². The minimum atomic E-state index is 0.765. The van der Waals surface area contributed by atoms with E-state index in [0.29, 0.717) is 0 Å². The zero-order chi connectivity index (χ0) is 11.2. The number of aromatic amines is 1. The van der Waals surface area contributed by atoms with Crippen LogP contribution in [0.1, 0.15) is 11.5 Å². The van der Waals surface area contributed by atoms with Crippen molar-refractivity contribution in [3.63, 3.8) is 0 Å². The topological polar surface area (TPSA) is 66.5 Å². The van der Waals surface area contributed by atoms with Crippen molar-refractivity contribution in [2.75, 3.05) is 6.54 Å². The molecule has 2 aromatic heterocycles. The average Bonchev–Trinajstić information content (AvgIpc) is 2.80. The van der Waals surface area contributed by atoms with Crippen LogP contribution in [0.2, 0.25) is 0 Å². The maximum Gasteiger partial charge on any atom is 0.137 e. The molecule has 0 saturated heterocycles. The van der Waals surface area contributed by atoms with E-state index in [2.05, 4.69) is 41.4 Å². The van der Waals surface area contributed by atoms with Gasteiger partial charge >= 0.3 is 0 Å². The number of H-pyrrole nitrogens is 1. The van der Waals surface area contributed by atoms with Crippen LogP contribution < -0.4 is 5.32 Å². The van der Waals surface area contributed by atoms with Crippen molar-refractivity contribution in [1.82, 2.24) is 25.5 Å². The fourth-order valence-corrected chi connectivity index (χ4v) is 1.52. The van der Waals surface area contributed by atoms with E-state index in [1.165, 1.54) is 6.33 Å². The van der Waals surface area contributed by atoms with Crippen molar-refractivity contribution in [3.05, 3.63) is 40.6 Å². The Morgan fingerprint density at radius 3 is 2.94 bits per heavy atom. The van der Waals surface area contributed by atoms with Crippen LogP contribution in [0.5, 0.6) is 0 Å². The van der Waals surface area contributed by atoms with Gasteiger partial charge in [0.15, 0.2) is 0 Å². The standard InChI is InChI=1S/C10H12BrN5/c11-8-1-2-9(13-5-8)6-12-4-3-10-14-7-15-16-10/h1-2,5,7,12H,3-4,6H2,(H,14,15,16). The Kier molecular flexibility index (Phi) is 4.01. The molecule has 0 atom stereocenters. The first-order valence-electron chi connectivity index (χ1n) is 5.00. The van der Waals surface area contributed by atoms with Crippen LogP contribution in [0.4, 0.5) is 0 Å². The molecule has 0 saturated carbocycles. The van der Waals surface area contributed by atoms with E-state index in [4.69, 9.17) is 0 Å². The second-order valence-electron chi connectivity index (χ2n) is 3.33. The highest BCUT2D eigenvalue weighted by atomic mass is 79.9. The third-order valence-corrected chi connectivity index (χ3v) is 2.57. The van der Waals surface area contributed by atoms with Crippen molar-refractivity contribution in [1.29, 1.82) is 0 Å². The Morgan fingerprint density at radius 1 is 1.31 bits per heavy atom. The van der Waals surface area contributed by atoms with Crippen molar-refractivity contribution < 1.29 is 0 Å². The van der Waals surface area contributed by atoms with Gasteiger partial charge in [-0.15, -0.1) is 0 Å². The Hall–Kier alpha value is -1.27. The summed E-state index contributed by atoms with van der Waals surface area (Å²) in [6, 6.07) is 3.98. The molecular formula is C10H12BrN5. The summed E-state index contributed by atoms with van der Waals surface area (Å²) in [5, 5.41) is 9.90. The number of hydrogen-bond acceptors (Lipinski definition) is 4. The van der Waals surface area contributed by atoms with Gasteiger partial charge in [-0.05, 0) is 28.1 Å². The fourth-order valence-electron chi connectivity index (χ4n) is 1.29. The van der Waals surface area contributed by atoms with Crippen molar-refractivity contribution in [2.24, 2.45) is 0 Å². The Bertz CT molecular complexity index is 411. The largest absolute Gasteiger partial charge is 0.311 e. The third kappa shape index (κ3) is 3.39. The number of hydrogen-bond donors (Lipinski definition) is 2. The highest BCUT2D eigenvalue weighted by molar-refractivity contribution is 9.10. The van der Waals surface area contributed by atoms with Gasteiger partial charge in [-0.25, -0.2) is 4.98 Å². The lowest BCUT2D eigenvalue weighted by molar-refractivity contribution is 0.661. The Labute approximate surface area is 102 Å². The summed E-state index contributed by atoms with van der Waals surface area (Å²) >= 11 is 3.35. The van der Waals surface area contributed by atoms with Gasteiger partial charge in [-0.2, -0.15) is 5.10 Å². The molecule has 0 amide bonds. The number of nitrogens with one attached hydrogen (secondary N) is 2. The average molecular weight is 282 g/mol. The van der Waals surface area contributed by atoms with E-state index in [-0.39, 0.29) is 0 Å². The molecule has 5 nitrogen and oxygen atoms in total. The van der Waals surface area contributed by atoms with Gasteiger partial charge in [0.05, 0.1) is 5.69 Å². The van der Waals surface area contributed by atoms with Crippen molar-refractivity contribution in [2.45, 2.75) is 13.0 Å². The normalized spacial score (nSPS) is 10.6. The number of pyridine rings is 1. The lowest BCUT2D eigenvalue weighted by Gasteiger charge is -2.02. The summed E-state index contributed by atoms with van der Waals surface area (Å²) in [6.45, 7) is 1.62. The molecule has 0 aromatic carbocycles. The fraction of sp³-hybridized carbons (Fsp3) is 0.300. The van der Waals surface area contributed by atoms with Gasteiger partial charge in [-0.3, -0.25) is 10.1 Å². The van der Waals surface area contributed by atoms with E-state index in [9.17, 15) is 0 Å². The van der Waals surface area contributed by atoms with E-state index < -0.39 is 0 Å². The van der Waals surface area contributed by atoms with E-state index in [0.717, 1.165) is 35.5 Å². The number of halogens is 1. The summed E-state index contributed by atoms with van der Waals surface area (Å²) < 4.78 is 0.998. The molecule has 2 heterocycles. The summed E-state index contributed by atoms with van der Waals surface area (Å²) in [4.78, 5) is 8.31. The molecule has 0 bridgehead atoms. The second kappa shape index (κ2) is 5.72. The number of aromatic nitrogens is 4. The Morgan fingerprint density at radius 2 is 2.25 bits per heavy atom. The number of rotatable bonds is 5. The molecule has 2 aromatic rings. The molecule has 84 valence electrons. The molecule has 0 unspecified atom stereocenters. The minimum absolute atomic E-state index is 0.765.